The second-order valence-corrected chi connectivity index (χ2v) is 3.61. The van der Waals surface area contributed by atoms with E-state index in [0.717, 1.165) is 11.4 Å². The monoisotopic (exact) mass is 231 g/mol. The molecule has 88 valence electrons. The Hall–Kier alpha value is -2.17. The lowest BCUT2D eigenvalue weighted by molar-refractivity contribution is -0.139. The predicted octanol–water partition coefficient (Wildman–Crippen LogP) is 1.29. The Kier molecular flexibility index (Phi) is 3.18. The zero-order chi connectivity index (χ0) is 12.3. The maximum absolute atomic E-state index is 11.2. The number of aryl methyl sites for hydroxylation is 1. The summed E-state index contributed by atoms with van der Waals surface area (Å²) in [6, 6.07) is 9.56. The SMILES string of the molecule is COC(=O)Cc1nn(-c2ccccc2)nc1C. The van der Waals surface area contributed by atoms with Crippen LogP contribution in [0.25, 0.3) is 5.69 Å². The van der Waals surface area contributed by atoms with Gasteiger partial charge in [0.15, 0.2) is 0 Å². The molecule has 0 bridgehead atoms. The third-order valence-corrected chi connectivity index (χ3v) is 2.40. The van der Waals surface area contributed by atoms with Gasteiger partial charge in [0.2, 0.25) is 0 Å². The molecule has 0 aliphatic carbocycles. The molecule has 0 aliphatic rings. The molecule has 1 aromatic carbocycles. The van der Waals surface area contributed by atoms with Crippen LogP contribution < -0.4 is 0 Å². The summed E-state index contributed by atoms with van der Waals surface area (Å²) in [5, 5.41) is 8.54. The molecule has 0 aliphatic heterocycles. The standard InChI is InChI=1S/C12H13N3O2/c1-9-11(8-12(16)17-2)14-15(13-9)10-6-4-3-5-7-10/h3-7H,8H2,1-2H3. The van der Waals surface area contributed by atoms with Gasteiger partial charge >= 0.3 is 5.97 Å². The van der Waals surface area contributed by atoms with E-state index in [9.17, 15) is 4.79 Å². The zero-order valence-electron chi connectivity index (χ0n) is 9.75. The molecule has 1 aromatic heterocycles. The molecule has 0 spiro atoms. The smallest absolute Gasteiger partial charge is 0.311 e. The second kappa shape index (κ2) is 4.78. The summed E-state index contributed by atoms with van der Waals surface area (Å²) in [7, 11) is 1.36. The molecule has 2 rings (SSSR count). The first-order valence-corrected chi connectivity index (χ1v) is 5.26. The van der Waals surface area contributed by atoms with Crippen molar-refractivity contribution in [1.29, 1.82) is 0 Å². The third kappa shape index (κ3) is 2.50. The number of carbonyl (C=O) groups is 1. The summed E-state index contributed by atoms with van der Waals surface area (Å²) in [5.41, 5.74) is 2.24. The first kappa shape index (κ1) is 11.3. The number of methoxy groups -OCH3 is 1. The average Bonchev–Trinajstić information content (AvgIpc) is 2.72. The van der Waals surface area contributed by atoms with Gasteiger partial charge in [0.05, 0.1) is 30.6 Å². The number of ether oxygens (including phenoxy) is 1. The van der Waals surface area contributed by atoms with Gasteiger partial charge in [0.1, 0.15) is 0 Å². The number of benzene rings is 1. The van der Waals surface area contributed by atoms with Gasteiger partial charge in [-0.3, -0.25) is 4.79 Å². The molecule has 0 amide bonds. The Labute approximate surface area is 99.0 Å². The van der Waals surface area contributed by atoms with E-state index in [4.69, 9.17) is 0 Å². The van der Waals surface area contributed by atoms with Crippen LogP contribution in [-0.4, -0.2) is 28.1 Å². The number of esters is 1. The molecule has 17 heavy (non-hydrogen) atoms. The van der Waals surface area contributed by atoms with Crippen molar-refractivity contribution in [1.82, 2.24) is 15.0 Å². The number of hydrogen-bond donors (Lipinski definition) is 0. The van der Waals surface area contributed by atoms with Crippen LogP contribution in [-0.2, 0) is 16.0 Å². The van der Waals surface area contributed by atoms with E-state index in [-0.39, 0.29) is 12.4 Å². The van der Waals surface area contributed by atoms with Crippen LogP contribution in [0.5, 0.6) is 0 Å². The summed E-state index contributed by atoms with van der Waals surface area (Å²) in [5.74, 6) is -0.312. The van der Waals surface area contributed by atoms with Gasteiger partial charge in [0.25, 0.3) is 0 Å². The lowest BCUT2D eigenvalue weighted by Crippen LogP contribution is -2.06. The average molecular weight is 231 g/mol. The first-order valence-electron chi connectivity index (χ1n) is 5.26. The summed E-state index contributed by atoms with van der Waals surface area (Å²) in [6.07, 6.45) is 0.148. The molecule has 1 heterocycles. The maximum Gasteiger partial charge on any atom is 0.311 e. The topological polar surface area (TPSA) is 57.0 Å². The van der Waals surface area contributed by atoms with Crippen LogP contribution in [0.1, 0.15) is 11.4 Å². The van der Waals surface area contributed by atoms with Crippen LogP contribution in [0.2, 0.25) is 0 Å². The third-order valence-electron chi connectivity index (χ3n) is 2.40. The van der Waals surface area contributed by atoms with Crippen molar-refractivity contribution in [3.63, 3.8) is 0 Å². The minimum absolute atomic E-state index is 0.148. The van der Waals surface area contributed by atoms with E-state index >= 15 is 0 Å². The molecule has 0 saturated heterocycles. The Morgan fingerprint density at radius 1 is 1.29 bits per heavy atom. The van der Waals surface area contributed by atoms with E-state index in [2.05, 4.69) is 14.9 Å². The maximum atomic E-state index is 11.2. The van der Waals surface area contributed by atoms with Gasteiger partial charge in [0, 0.05) is 0 Å². The van der Waals surface area contributed by atoms with Gasteiger partial charge in [-0.2, -0.15) is 15.0 Å². The van der Waals surface area contributed by atoms with Crippen LogP contribution in [0.15, 0.2) is 30.3 Å². The molecule has 0 fully saturated rings. The minimum atomic E-state index is -0.312. The summed E-state index contributed by atoms with van der Waals surface area (Å²) >= 11 is 0. The fraction of sp³-hybridized carbons (Fsp3) is 0.250. The molecular weight excluding hydrogens is 218 g/mol. The lowest BCUT2D eigenvalue weighted by atomic mass is 10.3. The number of carbonyl (C=O) groups excluding carboxylic acids is 1. The Bertz CT molecular complexity index is 520. The number of nitrogens with zero attached hydrogens (tertiary/aromatic N) is 3. The Morgan fingerprint density at radius 3 is 2.65 bits per heavy atom. The van der Waals surface area contributed by atoms with E-state index in [1.165, 1.54) is 11.9 Å². The van der Waals surface area contributed by atoms with Crippen molar-refractivity contribution in [2.24, 2.45) is 0 Å². The highest BCUT2D eigenvalue weighted by Gasteiger charge is 2.12. The molecule has 5 nitrogen and oxygen atoms in total. The highest BCUT2D eigenvalue weighted by atomic mass is 16.5. The molecule has 0 radical (unpaired) electrons. The second-order valence-electron chi connectivity index (χ2n) is 3.61. The van der Waals surface area contributed by atoms with Crippen LogP contribution in [0.4, 0.5) is 0 Å². The number of rotatable bonds is 3. The molecule has 0 N–H and O–H groups in total. The fourth-order valence-electron chi connectivity index (χ4n) is 1.46. The van der Waals surface area contributed by atoms with Crippen molar-refractivity contribution in [2.75, 3.05) is 7.11 Å². The van der Waals surface area contributed by atoms with E-state index in [1.54, 1.807) is 0 Å². The van der Waals surface area contributed by atoms with Crippen molar-refractivity contribution in [2.45, 2.75) is 13.3 Å². The van der Waals surface area contributed by atoms with E-state index < -0.39 is 0 Å². The van der Waals surface area contributed by atoms with Gasteiger partial charge in [-0.1, -0.05) is 18.2 Å². The highest BCUT2D eigenvalue weighted by Crippen LogP contribution is 2.08. The summed E-state index contributed by atoms with van der Waals surface area (Å²) in [6.45, 7) is 1.82. The largest absolute Gasteiger partial charge is 0.469 e. The van der Waals surface area contributed by atoms with Crippen molar-refractivity contribution >= 4 is 5.97 Å². The Balaban J connectivity index is 2.28. The first-order chi connectivity index (χ1) is 8.20. The van der Waals surface area contributed by atoms with Gasteiger partial charge < -0.3 is 4.74 Å². The highest BCUT2D eigenvalue weighted by molar-refractivity contribution is 5.72. The molecule has 5 heteroatoms. The quantitative estimate of drug-likeness (QED) is 0.747. The molecule has 0 unspecified atom stereocenters. The molecule has 2 aromatic rings. The minimum Gasteiger partial charge on any atom is -0.469 e. The Morgan fingerprint density at radius 2 is 2.00 bits per heavy atom. The molecular formula is C12H13N3O2. The summed E-state index contributed by atoms with van der Waals surface area (Å²) in [4.78, 5) is 12.7. The summed E-state index contributed by atoms with van der Waals surface area (Å²) < 4.78 is 4.61. The van der Waals surface area contributed by atoms with E-state index in [1.807, 2.05) is 37.3 Å². The molecule has 0 saturated carbocycles. The van der Waals surface area contributed by atoms with Crippen molar-refractivity contribution < 1.29 is 9.53 Å². The van der Waals surface area contributed by atoms with Crippen molar-refractivity contribution in [3.8, 4) is 5.69 Å². The van der Waals surface area contributed by atoms with Crippen LogP contribution in [0, 0.1) is 6.92 Å². The van der Waals surface area contributed by atoms with E-state index in [0.29, 0.717) is 5.69 Å². The number of para-hydroxylation sites is 1. The van der Waals surface area contributed by atoms with Gasteiger partial charge in [-0.25, -0.2) is 0 Å². The van der Waals surface area contributed by atoms with Gasteiger partial charge in [-0.05, 0) is 19.1 Å². The number of aromatic nitrogens is 3. The predicted molar refractivity (Wildman–Crippen MR) is 61.8 cm³/mol. The molecule has 0 atom stereocenters. The normalized spacial score (nSPS) is 10.2. The van der Waals surface area contributed by atoms with Gasteiger partial charge in [-0.15, -0.1) is 0 Å². The van der Waals surface area contributed by atoms with Crippen LogP contribution >= 0.6 is 0 Å². The lowest BCUT2D eigenvalue weighted by Gasteiger charge is -1.97. The fourth-order valence-corrected chi connectivity index (χ4v) is 1.46. The number of hydrogen-bond acceptors (Lipinski definition) is 4. The van der Waals surface area contributed by atoms with Crippen LogP contribution in [0.3, 0.4) is 0 Å². The zero-order valence-corrected chi connectivity index (χ0v) is 9.75. The van der Waals surface area contributed by atoms with Crippen molar-refractivity contribution in [3.05, 3.63) is 41.7 Å².